The van der Waals surface area contributed by atoms with Gasteiger partial charge in [-0.1, -0.05) is 19.4 Å². The molecule has 0 fully saturated rings. The van der Waals surface area contributed by atoms with Crippen LogP contribution in [0.5, 0.6) is 0 Å². The van der Waals surface area contributed by atoms with Crippen LogP contribution >= 0.6 is 0 Å². The first-order valence-corrected chi connectivity index (χ1v) is 6.32. The number of aromatic nitrogens is 1. The minimum absolute atomic E-state index is 0.436. The SMILES string of the molecule is CCCCNC(=C[N+](=O)[O-])N(C)Cc1cccnc1. The van der Waals surface area contributed by atoms with Gasteiger partial charge < -0.3 is 10.2 Å². The van der Waals surface area contributed by atoms with Gasteiger partial charge in [0.2, 0.25) is 0 Å². The van der Waals surface area contributed by atoms with Gasteiger partial charge in [0, 0.05) is 32.5 Å². The standard InChI is InChI=1S/C13H20N4O2/c1-3-4-8-15-13(11-17(18)19)16(2)10-12-6-5-7-14-9-12/h5-7,9,11,15H,3-4,8,10H2,1-2H3. The lowest BCUT2D eigenvalue weighted by atomic mass is 10.3. The Kier molecular flexibility index (Phi) is 6.35. The van der Waals surface area contributed by atoms with Crippen molar-refractivity contribution in [3.8, 4) is 0 Å². The predicted octanol–water partition coefficient (Wildman–Crippen LogP) is 1.98. The van der Waals surface area contributed by atoms with Crippen molar-refractivity contribution in [1.82, 2.24) is 15.2 Å². The summed E-state index contributed by atoms with van der Waals surface area (Å²) in [5, 5.41) is 13.7. The number of nitrogens with zero attached hydrogens (tertiary/aromatic N) is 3. The second kappa shape index (κ2) is 8.07. The molecular formula is C13H20N4O2. The van der Waals surface area contributed by atoms with Crippen molar-refractivity contribution in [2.75, 3.05) is 13.6 Å². The monoisotopic (exact) mass is 264 g/mol. The second-order valence-electron chi connectivity index (χ2n) is 4.30. The lowest BCUT2D eigenvalue weighted by Crippen LogP contribution is -2.29. The van der Waals surface area contributed by atoms with Gasteiger partial charge in [-0.25, -0.2) is 0 Å². The van der Waals surface area contributed by atoms with Crippen LogP contribution in [0.25, 0.3) is 0 Å². The van der Waals surface area contributed by atoms with Crippen LogP contribution in [-0.2, 0) is 6.54 Å². The first kappa shape index (κ1) is 14.9. The third-order valence-electron chi connectivity index (χ3n) is 2.62. The first-order valence-electron chi connectivity index (χ1n) is 6.32. The lowest BCUT2D eigenvalue weighted by molar-refractivity contribution is -0.404. The molecule has 0 saturated heterocycles. The molecule has 0 atom stereocenters. The number of pyridine rings is 1. The van der Waals surface area contributed by atoms with E-state index in [1.165, 1.54) is 0 Å². The van der Waals surface area contributed by atoms with Gasteiger partial charge in [0.05, 0.1) is 4.92 Å². The van der Waals surface area contributed by atoms with Crippen LogP contribution in [0.1, 0.15) is 25.3 Å². The molecule has 1 aromatic heterocycles. The molecule has 0 saturated carbocycles. The van der Waals surface area contributed by atoms with Crippen molar-refractivity contribution < 1.29 is 4.92 Å². The predicted molar refractivity (Wildman–Crippen MR) is 73.7 cm³/mol. The Labute approximate surface area is 113 Å². The Morgan fingerprint density at radius 1 is 1.63 bits per heavy atom. The molecule has 1 rings (SSSR count). The smallest absolute Gasteiger partial charge is 0.274 e. The molecule has 0 aliphatic rings. The fourth-order valence-corrected chi connectivity index (χ4v) is 1.62. The molecule has 6 heteroatoms. The molecule has 0 aliphatic heterocycles. The summed E-state index contributed by atoms with van der Waals surface area (Å²) < 4.78 is 0. The maximum Gasteiger partial charge on any atom is 0.274 e. The summed E-state index contributed by atoms with van der Waals surface area (Å²) in [5.41, 5.74) is 1.01. The van der Waals surface area contributed by atoms with E-state index in [0.29, 0.717) is 12.4 Å². The zero-order valence-electron chi connectivity index (χ0n) is 11.4. The quantitative estimate of drug-likeness (QED) is 0.441. The fraction of sp³-hybridized carbons (Fsp3) is 0.462. The molecule has 0 radical (unpaired) electrons. The summed E-state index contributed by atoms with van der Waals surface area (Å²) in [6, 6.07) is 3.80. The van der Waals surface area contributed by atoms with Gasteiger partial charge in [-0.3, -0.25) is 15.1 Å². The normalized spacial score (nSPS) is 11.2. The number of unbranched alkanes of at least 4 members (excludes halogenated alkanes) is 1. The Balaban J connectivity index is 2.66. The average molecular weight is 264 g/mol. The van der Waals surface area contributed by atoms with Crippen LogP contribution in [0.3, 0.4) is 0 Å². The Hall–Kier alpha value is -2.11. The summed E-state index contributed by atoms with van der Waals surface area (Å²) in [7, 11) is 1.82. The number of hydrogen-bond acceptors (Lipinski definition) is 5. The third kappa shape index (κ3) is 5.85. The van der Waals surface area contributed by atoms with Crippen LogP contribution in [0.15, 0.2) is 36.5 Å². The van der Waals surface area contributed by atoms with Crippen molar-refractivity contribution in [2.24, 2.45) is 0 Å². The van der Waals surface area contributed by atoms with Gasteiger partial charge in [-0.2, -0.15) is 0 Å². The fourth-order valence-electron chi connectivity index (χ4n) is 1.62. The molecule has 0 bridgehead atoms. The molecule has 104 valence electrons. The maximum absolute atomic E-state index is 10.6. The number of nitro groups is 1. The molecule has 6 nitrogen and oxygen atoms in total. The molecular weight excluding hydrogens is 244 g/mol. The van der Waals surface area contributed by atoms with Crippen LogP contribution < -0.4 is 5.32 Å². The van der Waals surface area contributed by atoms with Crippen molar-refractivity contribution in [1.29, 1.82) is 0 Å². The van der Waals surface area contributed by atoms with E-state index in [1.54, 1.807) is 12.4 Å². The molecule has 0 aliphatic carbocycles. The van der Waals surface area contributed by atoms with Crippen molar-refractivity contribution >= 4 is 0 Å². The van der Waals surface area contributed by atoms with Crippen LogP contribution in [0.2, 0.25) is 0 Å². The number of rotatable bonds is 8. The molecule has 0 unspecified atom stereocenters. The van der Waals surface area contributed by atoms with Crippen LogP contribution in [0.4, 0.5) is 0 Å². The highest BCUT2D eigenvalue weighted by molar-refractivity contribution is 5.09. The van der Waals surface area contributed by atoms with E-state index in [2.05, 4.69) is 17.2 Å². The minimum atomic E-state index is -0.436. The highest BCUT2D eigenvalue weighted by Gasteiger charge is 2.09. The third-order valence-corrected chi connectivity index (χ3v) is 2.62. The van der Waals surface area contributed by atoms with E-state index in [9.17, 15) is 10.1 Å². The van der Waals surface area contributed by atoms with Gasteiger partial charge >= 0.3 is 0 Å². The average Bonchev–Trinajstić information content (AvgIpc) is 2.38. The summed E-state index contributed by atoms with van der Waals surface area (Å²) in [6.45, 7) is 3.39. The van der Waals surface area contributed by atoms with Gasteiger partial charge in [-0.05, 0) is 18.1 Å². The van der Waals surface area contributed by atoms with E-state index < -0.39 is 4.92 Å². The van der Waals surface area contributed by atoms with Gasteiger partial charge in [0.1, 0.15) is 0 Å². The van der Waals surface area contributed by atoms with Gasteiger partial charge in [-0.15, -0.1) is 0 Å². The van der Waals surface area contributed by atoms with E-state index in [4.69, 9.17) is 0 Å². The molecule has 1 N–H and O–H groups in total. The number of hydrogen-bond donors (Lipinski definition) is 1. The van der Waals surface area contributed by atoms with Crippen molar-refractivity contribution in [2.45, 2.75) is 26.3 Å². The van der Waals surface area contributed by atoms with E-state index >= 15 is 0 Å². The van der Waals surface area contributed by atoms with E-state index in [1.807, 2.05) is 24.1 Å². The molecule has 19 heavy (non-hydrogen) atoms. The van der Waals surface area contributed by atoms with Crippen molar-refractivity contribution in [3.63, 3.8) is 0 Å². The summed E-state index contributed by atoms with van der Waals surface area (Å²) in [5.74, 6) is 0.516. The van der Waals surface area contributed by atoms with E-state index in [0.717, 1.165) is 31.1 Å². The highest BCUT2D eigenvalue weighted by Crippen LogP contribution is 2.06. The largest absolute Gasteiger partial charge is 0.367 e. The zero-order chi connectivity index (χ0) is 14.1. The second-order valence-corrected chi connectivity index (χ2v) is 4.30. The Morgan fingerprint density at radius 3 is 3.00 bits per heavy atom. The summed E-state index contributed by atoms with van der Waals surface area (Å²) in [4.78, 5) is 16.1. The van der Waals surface area contributed by atoms with Crippen molar-refractivity contribution in [3.05, 3.63) is 52.2 Å². The Morgan fingerprint density at radius 2 is 2.42 bits per heavy atom. The summed E-state index contributed by atoms with van der Waals surface area (Å²) in [6.07, 6.45) is 6.50. The first-order chi connectivity index (χ1) is 9.13. The minimum Gasteiger partial charge on any atom is -0.367 e. The van der Waals surface area contributed by atoms with Crippen LogP contribution in [-0.4, -0.2) is 28.4 Å². The maximum atomic E-state index is 10.6. The highest BCUT2D eigenvalue weighted by atomic mass is 16.6. The molecule has 0 spiro atoms. The summed E-state index contributed by atoms with van der Waals surface area (Å²) >= 11 is 0. The molecule has 1 aromatic rings. The topological polar surface area (TPSA) is 71.3 Å². The van der Waals surface area contributed by atoms with E-state index in [-0.39, 0.29) is 0 Å². The molecule has 0 aromatic carbocycles. The van der Waals surface area contributed by atoms with Gasteiger partial charge in [0.15, 0.2) is 5.82 Å². The lowest BCUT2D eigenvalue weighted by Gasteiger charge is -2.21. The number of nitrogens with one attached hydrogen (secondary N) is 1. The van der Waals surface area contributed by atoms with Crippen LogP contribution in [0, 0.1) is 10.1 Å². The molecule has 0 amide bonds. The zero-order valence-corrected chi connectivity index (χ0v) is 11.4. The van der Waals surface area contributed by atoms with Gasteiger partial charge in [0.25, 0.3) is 6.20 Å². The Bertz CT molecular complexity index is 420. The molecule has 1 heterocycles.